The zero-order chi connectivity index (χ0) is 25.9. The molecule has 2 heterocycles. The third-order valence-corrected chi connectivity index (χ3v) is 8.13. The van der Waals surface area contributed by atoms with Gasteiger partial charge in [-0.05, 0) is 92.7 Å². The van der Waals surface area contributed by atoms with Crippen LogP contribution in [-0.4, -0.2) is 15.7 Å². The summed E-state index contributed by atoms with van der Waals surface area (Å²) < 4.78 is 7.75. The minimum Gasteiger partial charge on any atom is -0.490 e. The van der Waals surface area contributed by atoms with Gasteiger partial charge in [0.25, 0.3) is 5.56 Å². The van der Waals surface area contributed by atoms with Crippen molar-refractivity contribution in [3.63, 3.8) is 0 Å². The van der Waals surface area contributed by atoms with Crippen LogP contribution in [0.15, 0.2) is 47.3 Å². The SMILES string of the molecule is CCCc1nc(CC)n(-c2ccc3c(c2)CC(C)O3)c(=O)c1CC1CCC(c2ccccc2C#N)CC1. The minimum absolute atomic E-state index is 0.0964. The van der Waals surface area contributed by atoms with E-state index in [0.717, 1.165) is 91.0 Å². The highest BCUT2D eigenvalue weighted by Gasteiger charge is 2.27. The Morgan fingerprint density at radius 1 is 1.11 bits per heavy atom. The number of rotatable bonds is 7. The molecule has 3 aromatic rings. The molecule has 2 aliphatic rings. The first-order valence-electron chi connectivity index (χ1n) is 13.9. The zero-order valence-corrected chi connectivity index (χ0v) is 22.3. The van der Waals surface area contributed by atoms with Crippen molar-refractivity contribution >= 4 is 0 Å². The molecule has 1 unspecified atom stereocenters. The molecule has 1 aliphatic carbocycles. The van der Waals surface area contributed by atoms with E-state index < -0.39 is 0 Å². The highest BCUT2D eigenvalue weighted by atomic mass is 16.5. The van der Waals surface area contributed by atoms with Crippen molar-refractivity contribution in [2.75, 3.05) is 0 Å². The lowest BCUT2D eigenvalue weighted by Crippen LogP contribution is -2.31. The lowest BCUT2D eigenvalue weighted by Gasteiger charge is -2.30. The minimum atomic E-state index is 0.0964. The summed E-state index contributed by atoms with van der Waals surface area (Å²) >= 11 is 0. The summed E-state index contributed by atoms with van der Waals surface area (Å²) in [6.07, 6.45) is 8.58. The van der Waals surface area contributed by atoms with Crippen LogP contribution in [0.1, 0.15) is 92.6 Å². The fourth-order valence-corrected chi connectivity index (χ4v) is 6.27. The molecule has 0 saturated heterocycles. The molecule has 5 heteroatoms. The van der Waals surface area contributed by atoms with Crippen LogP contribution in [0.25, 0.3) is 5.69 Å². The molecular weight excluding hydrogens is 458 g/mol. The normalized spacial score (nSPS) is 20.8. The van der Waals surface area contributed by atoms with Crippen LogP contribution in [0.4, 0.5) is 0 Å². The maximum absolute atomic E-state index is 14.1. The number of fused-ring (bicyclic) bond motifs is 1. The van der Waals surface area contributed by atoms with Gasteiger partial charge >= 0.3 is 0 Å². The van der Waals surface area contributed by atoms with Crippen molar-refractivity contribution in [1.82, 2.24) is 9.55 Å². The molecule has 0 spiro atoms. The maximum atomic E-state index is 14.1. The Labute approximate surface area is 220 Å². The van der Waals surface area contributed by atoms with E-state index in [2.05, 4.69) is 39.0 Å². The third kappa shape index (κ3) is 5.07. The van der Waals surface area contributed by atoms with Crippen LogP contribution < -0.4 is 10.3 Å². The second-order valence-corrected chi connectivity index (χ2v) is 10.7. The monoisotopic (exact) mass is 495 g/mol. The lowest BCUT2D eigenvalue weighted by molar-refractivity contribution is 0.254. The van der Waals surface area contributed by atoms with E-state index >= 15 is 0 Å². The van der Waals surface area contributed by atoms with Gasteiger partial charge in [-0.1, -0.05) is 38.5 Å². The van der Waals surface area contributed by atoms with Crippen molar-refractivity contribution < 1.29 is 4.74 Å². The average molecular weight is 496 g/mol. The number of nitriles is 1. The summed E-state index contributed by atoms with van der Waals surface area (Å²) in [6, 6.07) is 16.5. The first-order chi connectivity index (χ1) is 18.0. The first-order valence-corrected chi connectivity index (χ1v) is 13.9. The van der Waals surface area contributed by atoms with Gasteiger partial charge in [0, 0.05) is 18.4 Å². The van der Waals surface area contributed by atoms with Gasteiger partial charge in [0.1, 0.15) is 17.7 Å². The van der Waals surface area contributed by atoms with Crippen LogP contribution in [0.2, 0.25) is 0 Å². The van der Waals surface area contributed by atoms with E-state index in [1.165, 1.54) is 5.56 Å². The summed E-state index contributed by atoms with van der Waals surface area (Å²) in [7, 11) is 0. The predicted molar refractivity (Wildman–Crippen MR) is 147 cm³/mol. The Kier molecular flexibility index (Phi) is 7.46. The Hall–Kier alpha value is -3.39. The number of aromatic nitrogens is 2. The number of nitrogens with zero attached hydrogens (tertiary/aromatic N) is 3. The number of hydrogen-bond acceptors (Lipinski definition) is 4. The standard InChI is InChI=1S/C32H37N3O2/c1-4-8-29-28(18-22-11-13-23(14-12-22)27-10-7-6-9-24(27)20-33)32(36)35(31(5-2)34-29)26-15-16-30-25(19-26)17-21(3)37-30/h6-7,9-10,15-16,19,21-23H,4-5,8,11-14,17-18H2,1-3H3. The molecule has 0 N–H and O–H groups in total. The number of benzene rings is 2. The fourth-order valence-electron chi connectivity index (χ4n) is 6.27. The molecule has 1 atom stereocenters. The van der Waals surface area contributed by atoms with E-state index in [1.807, 2.05) is 34.9 Å². The van der Waals surface area contributed by atoms with Gasteiger partial charge in [0.2, 0.25) is 0 Å². The van der Waals surface area contributed by atoms with Crippen molar-refractivity contribution in [3.05, 3.63) is 86.6 Å². The summed E-state index contributed by atoms with van der Waals surface area (Å²) in [5.74, 6) is 2.65. The van der Waals surface area contributed by atoms with E-state index in [0.29, 0.717) is 18.3 Å². The van der Waals surface area contributed by atoms with Crippen molar-refractivity contribution in [1.29, 1.82) is 5.26 Å². The summed E-state index contributed by atoms with van der Waals surface area (Å²) in [6.45, 7) is 6.31. The summed E-state index contributed by atoms with van der Waals surface area (Å²) in [4.78, 5) is 19.2. The predicted octanol–water partition coefficient (Wildman–Crippen LogP) is 6.46. The van der Waals surface area contributed by atoms with Crippen LogP contribution in [-0.2, 0) is 25.7 Å². The van der Waals surface area contributed by atoms with Gasteiger partial charge in [-0.25, -0.2) is 4.98 Å². The third-order valence-electron chi connectivity index (χ3n) is 8.13. The molecular formula is C32H37N3O2. The van der Waals surface area contributed by atoms with Gasteiger partial charge < -0.3 is 4.74 Å². The molecule has 37 heavy (non-hydrogen) atoms. The molecule has 2 aromatic carbocycles. The molecule has 1 aromatic heterocycles. The van der Waals surface area contributed by atoms with Gasteiger partial charge in [-0.3, -0.25) is 9.36 Å². The molecule has 0 bridgehead atoms. The van der Waals surface area contributed by atoms with Gasteiger partial charge in [-0.15, -0.1) is 0 Å². The molecule has 0 radical (unpaired) electrons. The van der Waals surface area contributed by atoms with E-state index in [4.69, 9.17) is 9.72 Å². The fraction of sp³-hybridized carbons (Fsp3) is 0.469. The maximum Gasteiger partial charge on any atom is 0.261 e. The second-order valence-electron chi connectivity index (χ2n) is 10.7. The molecule has 1 fully saturated rings. The van der Waals surface area contributed by atoms with Gasteiger partial charge in [0.05, 0.1) is 23.0 Å². The molecule has 5 rings (SSSR count). The first kappa shape index (κ1) is 25.3. The lowest BCUT2D eigenvalue weighted by atomic mass is 9.75. The smallest absolute Gasteiger partial charge is 0.261 e. The topological polar surface area (TPSA) is 67.9 Å². The van der Waals surface area contributed by atoms with E-state index in [1.54, 1.807) is 0 Å². The molecule has 1 saturated carbocycles. The quantitative estimate of drug-likeness (QED) is 0.377. The molecule has 1 aliphatic heterocycles. The van der Waals surface area contributed by atoms with Crippen molar-refractivity contribution in [2.45, 2.75) is 90.6 Å². The van der Waals surface area contributed by atoms with Gasteiger partial charge in [-0.2, -0.15) is 5.26 Å². The largest absolute Gasteiger partial charge is 0.490 e. The molecule has 0 amide bonds. The zero-order valence-electron chi connectivity index (χ0n) is 22.3. The van der Waals surface area contributed by atoms with Crippen LogP contribution in [0, 0.1) is 17.2 Å². The van der Waals surface area contributed by atoms with Crippen LogP contribution in [0.5, 0.6) is 5.75 Å². The Balaban J connectivity index is 1.43. The Bertz CT molecular complexity index is 1380. The number of aryl methyl sites for hydroxylation is 2. The molecule has 5 nitrogen and oxygen atoms in total. The van der Waals surface area contributed by atoms with Gasteiger partial charge in [0.15, 0.2) is 0 Å². The number of hydrogen-bond donors (Lipinski definition) is 0. The number of ether oxygens (including phenoxy) is 1. The Morgan fingerprint density at radius 2 is 1.89 bits per heavy atom. The van der Waals surface area contributed by atoms with Crippen LogP contribution in [0.3, 0.4) is 0 Å². The van der Waals surface area contributed by atoms with Crippen LogP contribution >= 0.6 is 0 Å². The average Bonchev–Trinajstić information content (AvgIpc) is 3.30. The Morgan fingerprint density at radius 3 is 2.62 bits per heavy atom. The highest BCUT2D eigenvalue weighted by Crippen LogP contribution is 2.38. The van der Waals surface area contributed by atoms with Crippen molar-refractivity contribution in [2.24, 2.45) is 5.92 Å². The second kappa shape index (κ2) is 10.9. The van der Waals surface area contributed by atoms with E-state index in [9.17, 15) is 10.1 Å². The highest BCUT2D eigenvalue weighted by molar-refractivity contribution is 5.47. The summed E-state index contributed by atoms with van der Waals surface area (Å²) in [5, 5.41) is 9.53. The van der Waals surface area contributed by atoms with Crippen molar-refractivity contribution in [3.8, 4) is 17.5 Å². The van der Waals surface area contributed by atoms with E-state index in [-0.39, 0.29) is 11.7 Å². The molecule has 192 valence electrons. The summed E-state index contributed by atoms with van der Waals surface area (Å²) in [5.41, 5.74) is 6.01.